The molecule has 16 heavy (non-hydrogen) atoms. The summed E-state index contributed by atoms with van der Waals surface area (Å²) in [7, 11) is 0. The van der Waals surface area contributed by atoms with Crippen LogP contribution in [-0.2, 0) is 0 Å². The van der Waals surface area contributed by atoms with Gasteiger partial charge in [-0.3, -0.25) is 0 Å². The Labute approximate surface area is 96.3 Å². The van der Waals surface area contributed by atoms with Gasteiger partial charge >= 0.3 is 6.03 Å². The number of anilines is 1. The van der Waals surface area contributed by atoms with Crippen LogP contribution in [-0.4, -0.2) is 22.2 Å². The van der Waals surface area contributed by atoms with Crippen molar-refractivity contribution in [2.75, 3.05) is 11.9 Å². The highest BCUT2D eigenvalue weighted by molar-refractivity contribution is 7.12. The van der Waals surface area contributed by atoms with E-state index in [1.54, 1.807) is 12.1 Å². The predicted molar refractivity (Wildman–Crippen MR) is 64.6 cm³/mol. The molecule has 0 spiro atoms. The zero-order valence-corrected chi connectivity index (χ0v) is 9.25. The lowest BCUT2D eigenvalue weighted by molar-refractivity contribution is 0.253. The van der Waals surface area contributed by atoms with Crippen molar-refractivity contribution in [3.63, 3.8) is 0 Å². The third kappa shape index (κ3) is 2.34. The van der Waals surface area contributed by atoms with E-state index >= 15 is 0 Å². The monoisotopic (exact) mass is 234 g/mol. The number of hydrogen-bond donors (Lipinski definition) is 2. The van der Waals surface area contributed by atoms with Crippen LogP contribution in [0.2, 0.25) is 0 Å². The molecule has 6 heteroatoms. The number of aromatic nitrogens is 2. The molecule has 2 rings (SSSR count). The maximum Gasteiger partial charge on any atom is 0.319 e. The third-order valence-electron chi connectivity index (χ3n) is 1.91. The van der Waals surface area contributed by atoms with Gasteiger partial charge in [0.1, 0.15) is 5.52 Å². The summed E-state index contributed by atoms with van der Waals surface area (Å²) in [6.07, 6.45) is 1.62. The van der Waals surface area contributed by atoms with Gasteiger partial charge in [0.25, 0.3) is 0 Å². The van der Waals surface area contributed by atoms with E-state index in [0.717, 1.165) is 10.2 Å². The minimum absolute atomic E-state index is 0.262. The first-order valence-corrected chi connectivity index (χ1v) is 5.45. The number of fused-ring (bicyclic) bond motifs is 1. The molecule has 0 radical (unpaired) electrons. The summed E-state index contributed by atoms with van der Waals surface area (Å²) in [6.45, 7) is 3.95. The number of hydrogen-bond acceptors (Lipinski definition) is 4. The van der Waals surface area contributed by atoms with Crippen molar-refractivity contribution in [1.82, 2.24) is 14.9 Å². The Morgan fingerprint density at radius 3 is 3.25 bits per heavy atom. The van der Waals surface area contributed by atoms with Crippen molar-refractivity contribution in [1.29, 1.82) is 0 Å². The second-order valence-corrected chi connectivity index (χ2v) is 3.86. The molecule has 1 aromatic carbocycles. The Morgan fingerprint density at radius 1 is 1.56 bits per heavy atom. The number of amides is 2. The fourth-order valence-corrected chi connectivity index (χ4v) is 1.74. The molecule has 0 unspecified atom stereocenters. The summed E-state index contributed by atoms with van der Waals surface area (Å²) in [4.78, 5) is 11.3. The van der Waals surface area contributed by atoms with Gasteiger partial charge in [0, 0.05) is 12.2 Å². The van der Waals surface area contributed by atoms with E-state index < -0.39 is 0 Å². The number of nitrogens with one attached hydrogen (secondary N) is 2. The molecule has 1 aromatic heterocycles. The van der Waals surface area contributed by atoms with E-state index in [2.05, 4.69) is 26.8 Å². The van der Waals surface area contributed by atoms with Crippen LogP contribution in [0.25, 0.3) is 10.2 Å². The number of nitrogens with zero attached hydrogens (tertiary/aromatic N) is 2. The number of carbonyl (C=O) groups excluding carboxylic acids is 1. The first-order chi connectivity index (χ1) is 7.79. The van der Waals surface area contributed by atoms with Crippen LogP contribution in [0, 0.1) is 0 Å². The minimum Gasteiger partial charge on any atom is -0.334 e. The SMILES string of the molecule is C=CCNC(=O)Nc1ccc2snnc2c1. The van der Waals surface area contributed by atoms with Gasteiger partial charge in [0.15, 0.2) is 0 Å². The lowest BCUT2D eigenvalue weighted by Crippen LogP contribution is -2.28. The van der Waals surface area contributed by atoms with Crippen LogP contribution in [0.5, 0.6) is 0 Å². The molecule has 0 aliphatic heterocycles. The van der Waals surface area contributed by atoms with Gasteiger partial charge < -0.3 is 10.6 Å². The summed E-state index contributed by atoms with van der Waals surface area (Å²) in [5, 5.41) is 9.25. The van der Waals surface area contributed by atoms with Crippen molar-refractivity contribution in [3.8, 4) is 0 Å². The normalized spacial score (nSPS) is 10.0. The Kier molecular flexibility index (Phi) is 3.11. The first kappa shape index (κ1) is 10.6. The molecule has 0 aliphatic rings. The van der Waals surface area contributed by atoms with E-state index in [1.807, 2.05) is 12.1 Å². The molecule has 2 amide bonds. The van der Waals surface area contributed by atoms with Gasteiger partial charge in [-0.1, -0.05) is 10.6 Å². The molecule has 0 atom stereocenters. The van der Waals surface area contributed by atoms with Crippen LogP contribution in [0.15, 0.2) is 30.9 Å². The van der Waals surface area contributed by atoms with E-state index in [1.165, 1.54) is 11.5 Å². The molecule has 0 saturated carbocycles. The Balaban J connectivity index is 2.08. The Hall–Kier alpha value is -1.95. The highest BCUT2D eigenvalue weighted by Gasteiger charge is 2.03. The predicted octanol–water partition coefficient (Wildman–Crippen LogP) is 2.00. The molecule has 0 saturated heterocycles. The molecular weight excluding hydrogens is 224 g/mol. The van der Waals surface area contributed by atoms with Gasteiger partial charge in [0.2, 0.25) is 0 Å². The van der Waals surface area contributed by atoms with Crippen LogP contribution < -0.4 is 10.6 Å². The molecule has 2 aromatic rings. The van der Waals surface area contributed by atoms with Crippen molar-refractivity contribution in [2.24, 2.45) is 0 Å². The third-order valence-corrected chi connectivity index (χ3v) is 2.62. The number of urea groups is 1. The van der Waals surface area contributed by atoms with Gasteiger partial charge in [-0.05, 0) is 29.7 Å². The van der Waals surface area contributed by atoms with E-state index in [4.69, 9.17) is 0 Å². The summed E-state index contributed by atoms with van der Waals surface area (Å²) in [5.74, 6) is 0. The summed E-state index contributed by atoms with van der Waals surface area (Å²) < 4.78 is 4.82. The summed E-state index contributed by atoms with van der Waals surface area (Å²) >= 11 is 1.33. The van der Waals surface area contributed by atoms with Gasteiger partial charge in [-0.15, -0.1) is 11.7 Å². The van der Waals surface area contributed by atoms with Crippen LogP contribution in [0.1, 0.15) is 0 Å². The smallest absolute Gasteiger partial charge is 0.319 e. The van der Waals surface area contributed by atoms with Crippen LogP contribution in [0.4, 0.5) is 10.5 Å². The van der Waals surface area contributed by atoms with Crippen molar-refractivity contribution in [3.05, 3.63) is 30.9 Å². The zero-order chi connectivity index (χ0) is 11.4. The standard InChI is InChI=1S/C10H10N4OS/c1-2-5-11-10(15)12-7-3-4-9-8(6-7)13-14-16-9/h2-4,6H,1,5H2,(H2,11,12,15). The van der Waals surface area contributed by atoms with Gasteiger partial charge in [-0.25, -0.2) is 4.79 Å². The minimum atomic E-state index is -0.262. The average Bonchev–Trinajstić information content (AvgIpc) is 2.73. The molecule has 5 nitrogen and oxygen atoms in total. The Bertz CT molecular complexity index is 522. The summed E-state index contributed by atoms with van der Waals surface area (Å²) in [6, 6.07) is 5.22. The molecular formula is C10H10N4OS. The molecule has 1 heterocycles. The first-order valence-electron chi connectivity index (χ1n) is 4.67. The maximum atomic E-state index is 11.3. The second-order valence-electron chi connectivity index (χ2n) is 3.08. The van der Waals surface area contributed by atoms with E-state index in [0.29, 0.717) is 12.2 Å². The molecule has 82 valence electrons. The molecule has 0 aliphatic carbocycles. The quantitative estimate of drug-likeness (QED) is 0.798. The maximum absolute atomic E-state index is 11.3. The molecule has 0 bridgehead atoms. The van der Waals surface area contributed by atoms with E-state index in [9.17, 15) is 4.79 Å². The topological polar surface area (TPSA) is 66.9 Å². The summed E-state index contributed by atoms with van der Waals surface area (Å²) in [5.41, 5.74) is 1.48. The van der Waals surface area contributed by atoms with E-state index in [-0.39, 0.29) is 6.03 Å². The largest absolute Gasteiger partial charge is 0.334 e. The zero-order valence-electron chi connectivity index (χ0n) is 8.43. The van der Waals surface area contributed by atoms with Crippen molar-refractivity contribution < 1.29 is 4.79 Å². The Morgan fingerprint density at radius 2 is 2.44 bits per heavy atom. The second kappa shape index (κ2) is 4.71. The fourth-order valence-electron chi connectivity index (χ4n) is 1.20. The van der Waals surface area contributed by atoms with Crippen LogP contribution in [0.3, 0.4) is 0 Å². The molecule has 2 N–H and O–H groups in total. The number of carbonyl (C=O) groups is 1. The van der Waals surface area contributed by atoms with Gasteiger partial charge in [0.05, 0.1) is 4.70 Å². The fraction of sp³-hybridized carbons (Fsp3) is 0.100. The highest BCUT2D eigenvalue weighted by atomic mass is 32.1. The average molecular weight is 234 g/mol. The molecule has 0 fully saturated rings. The highest BCUT2D eigenvalue weighted by Crippen LogP contribution is 2.19. The number of rotatable bonds is 3. The lowest BCUT2D eigenvalue weighted by Gasteiger charge is -2.05. The van der Waals surface area contributed by atoms with Crippen molar-refractivity contribution >= 4 is 33.5 Å². The lowest BCUT2D eigenvalue weighted by atomic mass is 10.3. The van der Waals surface area contributed by atoms with Crippen LogP contribution >= 0.6 is 11.5 Å². The number of benzene rings is 1. The van der Waals surface area contributed by atoms with Crippen molar-refractivity contribution in [2.45, 2.75) is 0 Å². The van der Waals surface area contributed by atoms with Gasteiger partial charge in [-0.2, -0.15) is 0 Å².